The fourth-order valence-electron chi connectivity index (χ4n) is 6.00. The molecule has 224 valence electrons. The summed E-state index contributed by atoms with van der Waals surface area (Å²) < 4.78 is 38.5. The first-order valence-electron chi connectivity index (χ1n) is 14.5. The molecule has 1 aromatic heterocycles. The normalized spacial score (nSPS) is 21.2. The zero-order valence-corrected chi connectivity index (χ0v) is 23.3. The van der Waals surface area contributed by atoms with Gasteiger partial charge in [0.25, 0.3) is 5.91 Å². The summed E-state index contributed by atoms with van der Waals surface area (Å²) in [5.41, 5.74) is 4.13. The number of fused-ring (bicyclic) bond motifs is 1. The van der Waals surface area contributed by atoms with E-state index in [9.17, 15) is 23.1 Å². The molecule has 9 nitrogen and oxygen atoms in total. The summed E-state index contributed by atoms with van der Waals surface area (Å²) in [7, 11) is 0. The number of carbonyl (C=O) groups excluding carboxylic acids is 1. The first-order chi connectivity index (χ1) is 20.2. The maximum absolute atomic E-state index is 13.2. The molecule has 1 unspecified atom stereocenters. The summed E-state index contributed by atoms with van der Waals surface area (Å²) in [5.74, 6) is 0.635. The van der Waals surface area contributed by atoms with Crippen molar-refractivity contribution in [3.05, 3.63) is 76.9 Å². The number of aromatic nitrogens is 2. The molecule has 0 aliphatic carbocycles. The number of aliphatic hydroxyl groups excluding tert-OH is 1. The van der Waals surface area contributed by atoms with E-state index in [-0.39, 0.29) is 5.91 Å². The average Bonchev–Trinajstić information content (AvgIpc) is 3.42. The number of aromatic amines is 1. The van der Waals surface area contributed by atoms with E-state index < -0.39 is 18.0 Å². The zero-order valence-electron chi connectivity index (χ0n) is 23.3. The Hall–Kier alpha value is -3.61. The number of benzene rings is 2. The highest BCUT2D eigenvalue weighted by Crippen LogP contribution is 2.31. The lowest BCUT2D eigenvalue weighted by atomic mass is 9.89. The first kappa shape index (κ1) is 28.5. The topological polar surface area (TPSA) is 99.8 Å². The van der Waals surface area contributed by atoms with Crippen molar-refractivity contribution in [3.63, 3.8) is 0 Å². The summed E-state index contributed by atoms with van der Waals surface area (Å²) in [6.45, 7) is 6.20. The molecular formula is C30H36F3N7O2. The SMILES string of the molecule is O=C(c1nc2cc(C3CCN(CC4=CNC(O)CN4)CC3)ccc2[nH]1)N1CCN(Cc2ccc(C(F)(F)F)cc2)CC1. The van der Waals surface area contributed by atoms with Crippen LogP contribution in [0, 0.1) is 0 Å². The second-order valence-electron chi connectivity index (χ2n) is 11.4. The number of nitrogens with zero attached hydrogens (tertiary/aromatic N) is 4. The van der Waals surface area contributed by atoms with Crippen LogP contribution in [0.3, 0.4) is 0 Å². The molecule has 4 N–H and O–H groups in total. The molecule has 12 heteroatoms. The second kappa shape index (κ2) is 11.9. The number of imidazole rings is 1. The number of H-pyrrole nitrogens is 1. The van der Waals surface area contributed by atoms with E-state index in [4.69, 9.17) is 0 Å². The molecule has 0 radical (unpaired) electrons. The zero-order chi connectivity index (χ0) is 29.3. The van der Waals surface area contributed by atoms with Gasteiger partial charge in [-0.3, -0.25) is 14.6 Å². The van der Waals surface area contributed by atoms with Crippen molar-refractivity contribution < 1.29 is 23.1 Å². The van der Waals surface area contributed by atoms with Crippen LogP contribution in [0.2, 0.25) is 0 Å². The molecule has 2 fully saturated rings. The van der Waals surface area contributed by atoms with Gasteiger partial charge in [-0.05, 0) is 67.2 Å². The molecule has 2 saturated heterocycles. The number of nitrogens with one attached hydrogen (secondary N) is 3. The van der Waals surface area contributed by atoms with Gasteiger partial charge in [0.1, 0.15) is 6.23 Å². The van der Waals surface area contributed by atoms with Crippen LogP contribution < -0.4 is 10.6 Å². The first-order valence-corrected chi connectivity index (χ1v) is 14.5. The molecule has 3 aliphatic heterocycles. The predicted molar refractivity (Wildman–Crippen MR) is 152 cm³/mol. The number of hydrogen-bond acceptors (Lipinski definition) is 7. The third kappa shape index (κ3) is 6.55. The molecule has 4 heterocycles. The van der Waals surface area contributed by atoms with Crippen LogP contribution in [0.5, 0.6) is 0 Å². The number of alkyl halides is 3. The standard InChI is InChI=1S/C30H36F3N7O2/c31-30(32,33)23-4-1-20(2-5-23)18-39-11-13-40(14-12-39)29(42)28-36-25-6-3-22(15-26(25)37-28)21-7-9-38(10-8-21)19-24-16-35-27(41)17-34-24/h1-6,15-16,21,27,34-35,41H,7-14,17-19H2,(H,36,37). The Morgan fingerprint density at radius 1 is 0.952 bits per heavy atom. The molecule has 1 atom stereocenters. The van der Waals surface area contributed by atoms with Gasteiger partial charge in [-0.15, -0.1) is 0 Å². The smallest absolute Gasteiger partial charge is 0.382 e. The van der Waals surface area contributed by atoms with Crippen LogP contribution in [0.1, 0.15) is 46.1 Å². The molecule has 6 rings (SSSR count). The van der Waals surface area contributed by atoms with Crippen molar-refractivity contribution in [1.82, 2.24) is 35.3 Å². The minimum atomic E-state index is -4.34. The van der Waals surface area contributed by atoms with Gasteiger partial charge in [-0.2, -0.15) is 13.2 Å². The van der Waals surface area contributed by atoms with Crippen molar-refractivity contribution in [2.75, 3.05) is 52.4 Å². The third-order valence-corrected chi connectivity index (χ3v) is 8.48. The van der Waals surface area contributed by atoms with Crippen molar-refractivity contribution in [2.24, 2.45) is 0 Å². The number of carbonyl (C=O) groups is 1. The van der Waals surface area contributed by atoms with Crippen LogP contribution in [-0.4, -0.2) is 94.3 Å². The summed E-state index contributed by atoms with van der Waals surface area (Å²) in [6, 6.07) is 11.5. The van der Waals surface area contributed by atoms with Crippen LogP contribution >= 0.6 is 0 Å². The van der Waals surface area contributed by atoms with Crippen molar-refractivity contribution in [1.29, 1.82) is 0 Å². The molecule has 42 heavy (non-hydrogen) atoms. The average molecular weight is 584 g/mol. The molecule has 0 bridgehead atoms. The number of halogens is 3. The highest BCUT2D eigenvalue weighted by molar-refractivity contribution is 5.94. The molecule has 1 amide bonds. The van der Waals surface area contributed by atoms with E-state index in [2.05, 4.69) is 42.5 Å². The highest BCUT2D eigenvalue weighted by atomic mass is 19.4. The van der Waals surface area contributed by atoms with Crippen molar-refractivity contribution in [2.45, 2.75) is 37.7 Å². The lowest BCUT2D eigenvalue weighted by Crippen LogP contribution is -2.48. The summed E-state index contributed by atoms with van der Waals surface area (Å²) >= 11 is 0. The van der Waals surface area contributed by atoms with E-state index in [0.717, 1.165) is 66.9 Å². The predicted octanol–water partition coefficient (Wildman–Crippen LogP) is 3.07. The Morgan fingerprint density at radius 3 is 2.33 bits per heavy atom. The Kier molecular flexibility index (Phi) is 8.11. The molecule has 0 saturated carbocycles. The van der Waals surface area contributed by atoms with Gasteiger partial charge in [0.15, 0.2) is 5.82 Å². The van der Waals surface area contributed by atoms with Gasteiger partial charge in [0, 0.05) is 51.2 Å². The maximum Gasteiger partial charge on any atom is 0.416 e. The summed E-state index contributed by atoms with van der Waals surface area (Å²) in [5, 5.41) is 15.8. The van der Waals surface area contributed by atoms with Gasteiger partial charge < -0.3 is 25.6 Å². The van der Waals surface area contributed by atoms with Gasteiger partial charge in [0.05, 0.1) is 23.1 Å². The summed E-state index contributed by atoms with van der Waals surface area (Å²) in [4.78, 5) is 27.4. The molecule has 3 aliphatic rings. The number of piperazine rings is 1. The van der Waals surface area contributed by atoms with Gasteiger partial charge in [-0.1, -0.05) is 18.2 Å². The Bertz CT molecular complexity index is 1420. The third-order valence-electron chi connectivity index (χ3n) is 8.48. The largest absolute Gasteiger partial charge is 0.416 e. The van der Waals surface area contributed by atoms with Crippen molar-refractivity contribution in [3.8, 4) is 0 Å². The fourth-order valence-corrected chi connectivity index (χ4v) is 6.00. The molecular weight excluding hydrogens is 547 g/mol. The minimum absolute atomic E-state index is 0.136. The van der Waals surface area contributed by atoms with Crippen LogP contribution in [0.25, 0.3) is 11.0 Å². The van der Waals surface area contributed by atoms with Crippen molar-refractivity contribution >= 4 is 16.9 Å². The Morgan fingerprint density at radius 2 is 1.67 bits per heavy atom. The highest BCUT2D eigenvalue weighted by Gasteiger charge is 2.30. The van der Waals surface area contributed by atoms with Crippen LogP contribution in [0.4, 0.5) is 13.2 Å². The summed E-state index contributed by atoms with van der Waals surface area (Å²) in [6.07, 6.45) is -0.931. The van der Waals surface area contributed by atoms with Gasteiger partial charge in [0.2, 0.25) is 0 Å². The Balaban J connectivity index is 1.01. The van der Waals surface area contributed by atoms with Crippen LogP contribution in [0.15, 0.2) is 54.4 Å². The lowest BCUT2D eigenvalue weighted by molar-refractivity contribution is -0.137. The molecule has 2 aromatic carbocycles. The van der Waals surface area contributed by atoms with E-state index in [0.29, 0.717) is 51.0 Å². The molecule has 3 aromatic rings. The number of hydrogen-bond donors (Lipinski definition) is 4. The van der Waals surface area contributed by atoms with Gasteiger partial charge >= 0.3 is 6.18 Å². The van der Waals surface area contributed by atoms with E-state index in [1.165, 1.54) is 17.7 Å². The van der Waals surface area contributed by atoms with Gasteiger partial charge in [-0.25, -0.2) is 4.98 Å². The van der Waals surface area contributed by atoms with Crippen LogP contribution in [-0.2, 0) is 12.7 Å². The number of piperidine rings is 1. The van der Waals surface area contributed by atoms with E-state index in [1.54, 1.807) is 4.90 Å². The number of amides is 1. The van der Waals surface area contributed by atoms with E-state index in [1.807, 2.05) is 12.3 Å². The fraction of sp³-hybridized carbons (Fsp3) is 0.467. The number of likely N-dealkylation sites (tertiary alicyclic amines) is 1. The van der Waals surface area contributed by atoms with E-state index >= 15 is 0 Å². The monoisotopic (exact) mass is 583 g/mol. The number of β-amino-alcohol motifs (C(OH)–C–C–N with tert-alkyl or cyclic N) is 1. The molecule has 0 spiro atoms. The number of rotatable bonds is 6. The maximum atomic E-state index is 13.2. The minimum Gasteiger partial charge on any atom is -0.382 e. The lowest BCUT2D eigenvalue weighted by Gasteiger charge is -2.34. The Labute approximate surface area is 242 Å². The quantitative estimate of drug-likeness (QED) is 0.354. The second-order valence-corrected chi connectivity index (χ2v) is 11.4. The number of aliphatic hydroxyl groups is 1.